The molecular weight excluding hydrogens is 262 g/mol. The molecule has 1 saturated heterocycles. The van der Waals surface area contributed by atoms with Gasteiger partial charge in [0.1, 0.15) is 0 Å². The Morgan fingerprint density at radius 3 is 2.48 bits per heavy atom. The van der Waals surface area contributed by atoms with Gasteiger partial charge in [0.15, 0.2) is 0 Å². The van der Waals surface area contributed by atoms with Crippen LogP contribution >= 0.6 is 0 Å². The molecule has 1 N–H and O–H groups in total. The van der Waals surface area contributed by atoms with Gasteiger partial charge in [0.2, 0.25) is 5.91 Å². The molecular formula is C18H27NO2. The number of hydrogen-bond acceptors (Lipinski definition) is 2. The number of nitrogens with zero attached hydrogens (tertiary/aromatic N) is 1. The Kier molecular flexibility index (Phi) is 5.04. The van der Waals surface area contributed by atoms with Gasteiger partial charge in [0.25, 0.3) is 0 Å². The van der Waals surface area contributed by atoms with Gasteiger partial charge in [-0.3, -0.25) is 4.79 Å². The summed E-state index contributed by atoms with van der Waals surface area (Å²) in [6.45, 7) is 9.50. The molecule has 1 aromatic carbocycles. The first kappa shape index (κ1) is 16.0. The maximum atomic E-state index is 12.1. The number of aliphatic hydroxyl groups excluding tert-OH is 1. The molecule has 1 aromatic rings. The summed E-state index contributed by atoms with van der Waals surface area (Å²) in [5.41, 5.74) is 4.40. The predicted molar refractivity (Wildman–Crippen MR) is 85.2 cm³/mol. The lowest BCUT2D eigenvalue weighted by molar-refractivity contribution is -0.129. The van der Waals surface area contributed by atoms with Crippen LogP contribution < -0.4 is 0 Å². The van der Waals surface area contributed by atoms with E-state index < -0.39 is 6.10 Å². The van der Waals surface area contributed by atoms with Crippen molar-refractivity contribution < 1.29 is 9.90 Å². The van der Waals surface area contributed by atoms with Crippen LogP contribution in [0.5, 0.6) is 0 Å². The highest BCUT2D eigenvalue weighted by Gasteiger charge is 2.30. The van der Waals surface area contributed by atoms with Gasteiger partial charge in [0.05, 0.1) is 12.6 Å². The Labute approximate surface area is 128 Å². The zero-order valence-corrected chi connectivity index (χ0v) is 13.6. The van der Waals surface area contributed by atoms with Gasteiger partial charge in [0, 0.05) is 13.0 Å². The molecule has 21 heavy (non-hydrogen) atoms. The number of hydrogen-bond donors (Lipinski definition) is 1. The Morgan fingerprint density at radius 2 is 1.90 bits per heavy atom. The molecule has 0 spiro atoms. The lowest BCUT2D eigenvalue weighted by atomic mass is 9.95. The molecule has 2 unspecified atom stereocenters. The van der Waals surface area contributed by atoms with Crippen LogP contribution in [0.1, 0.15) is 54.5 Å². The van der Waals surface area contributed by atoms with Crippen molar-refractivity contribution in [2.45, 2.75) is 53.1 Å². The summed E-state index contributed by atoms with van der Waals surface area (Å²) >= 11 is 0. The smallest absolute Gasteiger partial charge is 0.223 e. The number of rotatable bonds is 5. The van der Waals surface area contributed by atoms with Crippen LogP contribution in [-0.2, 0) is 4.79 Å². The second-order valence-corrected chi connectivity index (χ2v) is 6.49. The number of β-amino-alcohol motifs (C(OH)–C–C–N with tert-alkyl or cyclic N) is 1. The fraction of sp³-hybridized carbons (Fsp3) is 0.611. The standard InChI is InChI=1S/C18H27NO2/c1-5-6-15-9-17(21)19(10-15)11-16(20)18-13(3)7-12(2)8-14(18)4/h7-8,15-16,20H,5-6,9-11H2,1-4H3. The van der Waals surface area contributed by atoms with Gasteiger partial charge in [-0.2, -0.15) is 0 Å². The summed E-state index contributed by atoms with van der Waals surface area (Å²) in [6, 6.07) is 4.19. The third-order valence-electron chi connectivity index (χ3n) is 4.46. The molecule has 0 radical (unpaired) electrons. The maximum absolute atomic E-state index is 12.1. The molecule has 2 rings (SSSR count). The van der Waals surface area contributed by atoms with Gasteiger partial charge in [-0.05, 0) is 49.8 Å². The van der Waals surface area contributed by atoms with E-state index in [0.29, 0.717) is 18.9 Å². The van der Waals surface area contributed by atoms with Crippen LogP contribution in [0.2, 0.25) is 0 Å². The molecule has 116 valence electrons. The second-order valence-electron chi connectivity index (χ2n) is 6.49. The van der Waals surface area contributed by atoms with E-state index in [4.69, 9.17) is 0 Å². The number of likely N-dealkylation sites (tertiary alicyclic amines) is 1. The summed E-state index contributed by atoms with van der Waals surface area (Å²) in [6.07, 6.45) is 2.27. The molecule has 1 aliphatic heterocycles. The van der Waals surface area contributed by atoms with Crippen molar-refractivity contribution >= 4 is 5.91 Å². The van der Waals surface area contributed by atoms with E-state index in [1.165, 1.54) is 5.56 Å². The van der Waals surface area contributed by atoms with Crippen molar-refractivity contribution in [3.05, 3.63) is 34.4 Å². The monoisotopic (exact) mass is 289 g/mol. The highest BCUT2D eigenvalue weighted by Crippen LogP contribution is 2.28. The second kappa shape index (κ2) is 6.61. The fourth-order valence-corrected chi connectivity index (χ4v) is 3.65. The van der Waals surface area contributed by atoms with Crippen molar-refractivity contribution in [1.29, 1.82) is 0 Å². The predicted octanol–water partition coefficient (Wildman–Crippen LogP) is 3.29. The molecule has 0 saturated carbocycles. The number of carbonyl (C=O) groups excluding carboxylic acids is 1. The molecule has 1 fully saturated rings. The summed E-state index contributed by atoms with van der Waals surface area (Å²) in [5, 5.41) is 10.6. The SMILES string of the molecule is CCCC1CC(=O)N(CC(O)c2c(C)cc(C)cc2C)C1. The Balaban J connectivity index is 2.08. The first-order chi connectivity index (χ1) is 9.92. The Morgan fingerprint density at radius 1 is 1.29 bits per heavy atom. The molecule has 1 heterocycles. The van der Waals surface area contributed by atoms with Crippen LogP contribution in [0.15, 0.2) is 12.1 Å². The maximum Gasteiger partial charge on any atom is 0.223 e. The van der Waals surface area contributed by atoms with Crippen molar-refractivity contribution in [2.24, 2.45) is 5.92 Å². The zero-order valence-electron chi connectivity index (χ0n) is 13.6. The lowest BCUT2D eigenvalue weighted by Gasteiger charge is -2.23. The summed E-state index contributed by atoms with van der Waals surface area (Å²) in [5.74, 6) is 0.657. The third kappa shape index (κ3) is 3.65. The van der Waals surface area contributed by atoms with Crippen molar-refractivity contribution in [1.82, 2.24) is 4.90 Å². The quantitative estimate of drug-likeness (QED) is 0.903. The van der Waals surface area contributed by atoms with Gasteiger partial charge in [-0.15, -0.1) is 0 Å². The minimum absolute atomic E-state index is 0.190. The first-order valence-electron chi connectivity index (χ1n) is 7.96. The largest absolute Gasteiger partial charge is 0.387 e. The minimum atomic E-state index is -0.588. The molecule has 1 amide bonds. The number of aliphatic hydroxyl groups is 1. The van der Waals surface area contributed by atoms with Crippen LogP contribution in [-0.4, -0.2) is 29.0 Å². The molecule has 0 bridgehead atoms. The van der Waals surface area contributed by atoms with Crippen molar-refractivity contribution in [3.63, 3.8) is 0 Å². The Bertz CT molecular complexity index is 501. The number of amides is 1. The van der Waals surface area contributed by atoms with E-state index in [2.05, 4.69) is 26.0 Å². The topological polar surface area (TPSA) is 40.5 Å². The van der Waals surface area contributed by atoms with Crippen LogP contribution in [0.25, 0.3) is 0 Å². The fourth-order valence-electron chi connectivity index (χ4n) is 3.65. The van der Waals surface area contributed by atoms with Gasteiger partial charge >= 0.3 is 0 Å². The van der Waals surface area contributed by atoms with E-state index in [1.54, 1.807) is 0 Å². The summed E-state index contributed by atoms with van der Waals surface area (Å²) in [4.78, 5) is 13.9. The number of carbonyl (C=O) groups is 1. The van der Waals surface area contributed by atoms with E-state index in [-0.39, 0.29) is 5.91 Å². The highest BCUT2D eigenvalue weighted by molar-refractivity contribution is 5.78. The number of aryl methyl sites for hydroxylation is 3. The van der Waals surface area contributed by atoms with Crippen LogP contribution in [0, 0.1) is 26.7 Å². The normalized spacial score (nSPS) is 20.1. The summed E-state index contributed by atoms with van der Waals surface area (Å²) < 4.78 is 0. The average molecular weight is 289 g/mol. The molecule has 3 heteroatoms. The molecule has 3 nitrogen and oxygen atoms in total. The van der Waals surface area contributed by atoms with Gasteiger partial charge in [-0.1, -0.05) is 31.0 Å². The first-order valence-corrected chi connectivity index (χ1v) is 7.96. The van der Waals surface area contributed by atoms with Crippen molar-refractivity contribution in [3.8, 4) is 0 Å². The third-order valence-corrected chi connectivity index (χ3v) is 4.46. The van der Waals surface area contributed by atoms with Crippen LogP contribution in [0.4, 0.5) is 0 Å². The molecule has 2 atom stereocenters. The average Bonchev–Trinajstić information content (AvgIpc) is 2.68. The minimum Gasteiger partial charge on any atom is -0.387 e. The Hall–Kier alpha value is -1.35. The van der Waals surface area contributed by atoms with E-state index in [0.717, 1.165) is 36.1 Å². The van der Waals surface area contributed by atoms with Crippen LogP contribution in [0.3, 0.4) is 0 Å². The van der Waals surface area contributed by atoms with Crippen molar-refractivity contribution in [2.75, 3.05) is 13.1 Å². The highest BCUT2D eigenvalue weighted by atomic mass is 16.3. The van der Waals surface area contributed by atoms with Gasteiger partial charge < -0.3 is 10.0 Å². The lowest BCUT2D eigenvalue weighted by Crippen LogP contribution is -2.30. The zero-order chi connectivity index (χ0) is 15.6. The number of benzene rings is 1. The van der Waals surface area contributed by atoms with E-state index >= 15 is 0 Å². The van der Waals surface area contributed by atoms with E-state index in [1.807, 2.05) is 18.7 Å². The summed E-state index contributed by atoms with van der Waals surface area (Å²) in [7, 11) is 0. The molecule has 0 aliphatic carbocycles. The molecule has 0 aromatic heterocycles. The van der Waals surface area contributed by atoms with E-state index in [9.17, 15) is 9.90 Å². The van der Waals surface area contributed by atoms with Gasteiger partial charge in [-0.25, -0.2) is 0 Å². The molecule has 1 aliphatic rings.